The van der Waals surface area contributed by atoms with E-state index in [1.165, 1.54) is 0 Å². The molecule has 1 rings (SSSR count). The zero-order chi connectivity index (χ0) is 8.97. The number of aromatic nitrogens is 2. The second-order valence-electron chi connectivity index (χ2n) is 3.30. The minimum atomic E-state index is -0.0573. The molecule has 0 bridgehead atoms. The lowest BCUT2D eigenvalue weighted by atomic mass is 10.1. The molecule has 1 heterocycles. The normalized spacial score (nSPS) is 10.6. The van der Waals surface area contributed by atoms with Crippen LogP contribution < -0.4 is 5.56 Å². The molecular formula is C9H14N2O. The maximum absolute atomic E-state index is 11.1. The minimum absolute atomic E-state index is 0.0573. The number of nitrogens with zero attached hydrogens (tertiary/aromatic N) is 1. The first-order chi connectivity index (χ1) is 5.70. The second kappa shape index (κ2) is 4.04. The van der Waals surface area contributed by atoms with Crippen LogP contribution in [-0.4, -0.2) is 9.97 Å². The molecule has 1 aromatic heterocycles. The number of rotatable bonds is 3. The molecule has 0 aromatic carbocycles. The van der Waals surface area contributed by atoms with Crippen molar-refractivity contribution in [2.24, 2.45) is 5.92 Å². The van der Waals surface area contributed by atoms with Crippen LogP contribution in [0.4, 0.5) is 0 Å². The largest absolute Gasteiger partial charge is 0.326 e. The average Bonchev–Trinajstić information content (AvgIpc) is 2.03. The standard InChI is InChI=1S/C9H14N2O/c1-7(2)3-4-8-9(12)11-6-5-10-8/h5-7H,3-4H2,1-2H3,(H,11,12). The lowest BCUT2D eigenvalue weighted by molar-refractivity contribution is 0.578. The van der Waals surface area contributed by atoms with Crippen LogP contribution in [0, 0.1) is 5.92 Å². The Hall–Kier alpha value is -1.12. The second-order valence-corrected chi connectivity index (χ2v) is 3.30. The molecular weight excluding hydrogens is 152 g/mol. The monoisotopic (exact) mass is 166 g/mol. The third-order valence-electron chi connectivity index (χ3n) is 1.74. The van der Waals surface area contributed by atoms with E-state index in [0.717, 1.165) is 12.8 Å². The predicted octanol–water partition coefficient (Wildman–Crippen LogP) is 1.36. The molecule has 0 saturated carbocycles. The highest BCUT2D eigenvalue weighted by atomic mass is 16.1. The summed E-state index contributed by atoms with van der Waals surface area (Å²) in [5, 5.41) is 0. The van der Waals surface area contributed by atoms with E-state index in [4.69, 9.17) is 0 Å². The molecule has 0 aliphatic heterocycles. The summed E-state index contributed by atoms with van der Waals surface area (Å²) in [5.41, 5.74) is 0.587. The molecule has 0 aliphatic rings. The Labute approximate surface area is 71.9 Å². The van der Waals surface area contributed by atoms with Gasteiger partial charge in [-0.3, -0.25) is 9.78 Å². The van der Waals surface area contributed by atoms with Crippen LogP contribution in [0.15, 0.2) is 17.2 Å². The Balaban J connectivity index is 2.64. The molecule has 1 aromatic rings. The van der Waals surface area contributed by atoms with Gasteiger partial charge in [0.15, 0.2) is 0 Å². The van der Waals surface area contributed by atoms with Gasteiger partial charge in [0.25, 0.3) is 5.56 Å². The molecule has 0 aliphatic carbocycles. The van der Waals surface area contributed by atoms with Gasteiger partial charge in [0, 0.05) is 12.4 Å². The van der Waals surface area contributed by atoms with Crippen molar-refractivity contribution in [1.29, 1.82) is 0 Å². The van der Waals surface area contributed by atoms with Gasteiger partial charge in [-0.1, -0.05) is 13.8 Å². The maximum atomic E-state index is 11.1. The van der Waals surface area contributed by atoms with E-state index in [1.807, 2.05) is 0 Å². The van der Waals surface area contributed by atoms with Crippen molar-refractivity contribution in [2.45, 2.75) is 26.7 Å². The van der Waals surface area contributed by atoms with Gasteiger partial charge >= 0.3 is 0 Å². The number of hydrogen-bond donors (Lipinski definition) is 1. The fraction of sp³-hybridized carbons (Fsp3) is 0.556. The van der Waals surface area contributed by atoms with Gasteiger partial charge in [0.2, 0.25) is 0 Å². The molecule has 0 amide bonds. The fourth-order valence-electron chi connectivity index (χ4n) is 0.986. The van der Waals surface area contributed by atoms with E-state index < -0.39 is 0 Å². The molecule has 1 N–H and O–H groups in total. The molecule has 0 unspecified atom stereocenters. The Kier molecular flexibility index (Phi) is 3.02. The van der Waals surface area contributed by atoms with Crippen molar-refractivity contribution >= 4 is 0 Å². The quantitative estimate of drug-likeness (QED) is 0.736. The Morgan fingerprint density at radius 1 is 1.58 bits per heavy atom. The molecule has 0 atom stereocenters. The summed E-state index contributed by atoms with van der Waals surface area (Å²) in [7, 11) is 0. The summed E-state index contributed by atoms with van der Waals surface area (Å²) in [5.74, 6) is 0.617. The molecule has 0 fully saturated rings. The van der Waals surface area contributed by atoms with Crippen molar-refractivity contribution < 1.29 is 0 Å². The third kappa shape index (κ3) is 2.49. The first kappa shape index (κ1) is 8.97. The highest BCUT2D eigenvalue weighted by Crippen LogP contribution is 2.02. The predicted molar refractivity (Wildman–Crippen MR) is 48.0 cm³/mol. The van der Waals surface area contributed by atoms with Gasteiger partial charge in [-0.15, -0.1) is 0 Å². The number of H-pyrrole nitrogens is 1. The molecule has 12 heavy (non-hydrogen) atoms. The molecule has 0 spiro atoms. The summed E-state index contributed by atoms with van der Waals surface area (Å²) in [6.45, 7) is 4.27. The SMILES string of the molecule is CC(C)CCc1ncc[nH]c1=O. The summed E-state index contributed by atoms with van der Waals surface area (Å²) in [6, 6.07) is 0. The summed E-state index contributed by atoms with van der Waals surface area (Å²) < 4.78 is 0. The fourth-order valence-corrected chi connectivity index (χ4v) is 0.986. The van der Waals surface area contributed by atoms with E-state index in [-0.39, 0.29) is 5.56 Å². The van der Waals surface area contributed by atoms with Gasteiger partial charge in [-0.2, -0.15) is 0 Å². The van der Waals surface area contributed by atoms with Gasteiger partial charge in [0.1, 0.15) is 5.69 Å². The van der Waals surface area contributed by atoms with Gasteiger partial charge < -0.3 is 4.98 Å². The molecule has 0 radical (unpaired) electrons. The van der Waals surface area contributed by atoms with Crippen LogP contribution in [-0.2, 0) is 6.42 Å². The van der Waals surface area contributed by atoms with Crippen molar-refractivity contribution in [1.82, 2.24) is 9.97 Å². The highest BCUT2D eigenvalue weighted by Gasteiger charge is 2.01. The number of nitrogens with one attached hydrogen (secondary N) is 1. The van der Waals surface area contributed by atoms with E-state index in [9.17, 15) is 4.79 Å². The number of hydrogen-bond acceptors (Lipinski definition) is 2. The lowest BCUT2D eigenvalue weighted by Gasteiger charge is -2.01. The van der Waals surface area contributed by atoms with Gasteiger partial charge in [0.05, 0.1) is 0 Å². The zero-order valence-corrected chi connectivity index (χ0v) is 7.50. The van der Waals surface area contributed by atoms with E-state index in [1.54, 1.807) is 12.4 Å². The molecule has 0 saturated heterocycles. The summed E-state index contributed by atoms with van der Waals surface area (Å²) in [6.07, 6.45) is 4.96. The number of aryl methyl sites for hydroxylation is 1. The van der Waals surface area contributed by atoms with Crippen LogP contribution in [0.25, 0.3) is 0 Å². The average molecular weight is 166 g/mol. The number of aromatic amines is 1. The zero-order valence-electron chi connectivity index (χ0n) is 7.50. The Morgan fingerprint density at radius 3 is 2.92 bits per heavy atom. The topological polar surface area (TPSA) is 45.8 Å². The van der Waals surface area contributed by atoms with Crippen molar-refractivity contribution in [3.63, 3.8) is 0 Å². The van der Waals surface area contributed by atoms with Crippen LogP contribution in [0.3, 0.4) is 0 Å². The maximum Gasteiger partial charge on any atom is 0.269 e. The van der Waals surface area contributed by atoms with Crippen LogP contribution in [0.5, 0.6) is 0 Å². The summed E-state index contributed by atoms with van der Waals surface area (Å²) in [4.78, 5) is 17.7. The van der Waals surface area contributed by atoms with E-state index in [0.29, 0.717) is 11.6 Å². The molecule has 66 valence electrons. The van der Waals surface area contributed by atoms with Crippen molar-refractivity contribution in [3.05, 3.63) is 28.4 Å². The molecule has 3 nitrogen and oxygen atoms in total. The summed E-state index contributed by atoms with van der Waals surface area (Å²) >= 11 is 0. The Morgan fingerprint density at radius 2 is 2.33 bits per heavy atom. The lowest BCUT2D eigenvalue weighted by Crippen LogP contribution is -2.14. The van der Waals surface area contributed by atoms with E-state index >= 15 is 0 Å². The minimum Gasteiger partial charge on any atom is -0.326 e. The Bertz CT molecular complexity index is 291. The van der Waals surface area contributed by atoms with Crippen LogP contribution >= 0.6 is 0 Å². The smallest absolute Gasteiger partial charge is 0.269 e. The third-order valence-corrected chi connectivity index (χ3v) is 1.74. The van der Waals surface area contributed by atoms with E-state index in [2.05, 4.69) is 23.8 Å². The van der Waals surface area contributed by atoms with Gasteiger partial charge in [-0.05, 0) is 18.8 Å². The highest BCUT2D eigenvalue weighted by molar-refractivity contribution is 4.95. The van der Waals surface area contributed by atoms with Crippen molar-refractivity contribution in [3.8, 4) is 0 Å². The van der Waals surface area contributed by atoms with Crippen LogP contribution in [0.2, 0.25) is 0 Å². The van der Waals surface area contributed by atoms with Crippen molar-refractivity contribution in [2.75, 3.05) is 0 Å². The molecule has 3 heteroatoms. The first-order valence-electron chi connectivity index (χ1n) is 4.22. The van der Waals surface area contributed by atoms with Crippen LogP contribution in [0.1, 0.15) is 26.0 Å². The first-order valence-corrected chi connectivity index (χ1v) is 4.22. The van der Waals surface area contributed by atoms with Gasteiger partial charge in [-0.25, -0.2) is 0 Å².